The van der Waals surface area contributed by atoms with Gasteiger partial charge in [-0.25, -0.2) is 17.9 Å². The van der Waals surface area contributed by atoms with Gasteiger partial charge in [0, 0.05) is 50.7 Å². The van der Waals surface area contributed by atoms with Gasteiger partial charge < -0.3 is 14.0 Å². The van der Waals surface area contributed by atoms with Gasteiger partial charge in [-0.15, -0.1) is 0 Å². The number of carbonyl (C=O) groups excluding carboxylic acids is 1. The van der Waals surface area contributed by atoms with E-state index < -0.39 is 33.8 Å². The van der Waals surface area contributed by atoms with E-state index in [-0.39, 0.29) is 36.9 Å². The minimum Gasteiger partial charge on any atom is -0.493 e. The number of carbonyl (C=O) groups is 1. The number of amides is 1. The average Bonchev–Trinajstić information content (AvgIpc) is 3.24. The molecular formula is C26H29F3N4O4S. The maximum atomic E-state index is 14.5. The van der Waals surface area contributed by atoms with Crippen molar-refractivity contribution in [2.45, 2.75) is 38.2 Å². The van der Waals surface area contributed by atoms with E-state index in [1.165, 1.54) is 19.2 Å². The first kappa shape index (κ1) is 26.4. The zero-order valence-corrected chi connectivity index (χ0v) is 21.8. The predicted octanol–water partition coefficient (Wildman–Crippen LogP) is 4.38. The number of benzene rings is 1. The molecule has 1 saturated heterocycles. The summed E-state index contributed by atoms with van der Waals surface area (Å²) in [4.78, 5) is 14.9. The van der Waals surface area contributed by atoms with E-state index >= 15 is 0 Å². The molecule has 8 nitrogen and oxygen atoms in total. The van der Waals surface area contributed by atoms with Crippen molar-refractivity contribution >= 4 is 27.3 Å². The van der Waals surface area contributed by atoms with Crippen LogP contribution in [-0.4, -0.2) is 55.7 Å². The summed E-state index contributed by atoms with van der Waals surface area (Å²) in [5, 5.41) is 0. The molecule has 2 aromatic heterocycles. The summed E-state index contributed by atoms with van der Waals surface area (Å²) >= 11 is 0. The van der Waals surface area contributed by atoms with Gasteiger partial charge in [-0.1, -0.05) is 6.92 Å². The molecule has 2 atom stereocenters. The van der Waals surface area contributed by atoms with Crippen LogP contribution in [0, 0.1) is 11.7 Å². The Labute approximate surface area is 219 Å². The van der Waals surface area contributed by atoms with E-state index in [9.17, 15) is 26.4 Å². The third kappa shape index (κ3) is 5.19. The molecule has 3 aromatic rings. The average molecular weight is 551 g/mol. The van der Waals surface area contributed by atoms with Crippen molar-refractivity contribution in [3.05, 3.63) is 65.7 Å². The lowest BCUT2D eigenvalue weighted by molar-refractivity contribution is 0.0855. The highest BCUT2D eigenvalue weighted by Gasteiger charge is 2.57. The molecule has 1 aliphatic heterocycles. The fourth-order valence-corrected chi connectivity index (χ4v) is 5.65. The van der Waals surface area contributed by atoms with Crippen molar-refractivity contribution < 1.29 is 31.1 Å². The van der Waals surface area contributed by atoms with Crippen molar-refractivity contribution in [3.8, 4) is 5.75 Å². The van der Waals surface area contributed by atoms with Crippen LogP contribution in [0.2, 0.25) is 0 Å². The highest BCUT2D eigenvalue weighted by Crippen LogP contribution is 2.48. The van der Waals surface area contributed by atoms with Crippen LogP contribution < -0.4 is 14.4 Å². The number of nitrogens with zero attached hydrogens (tertiary/aromatic N) is 3. The topological polar surface area (TPSA) is 83.4 Å². The molecule has 1 amide bonds. The molecule has 1 unspecified atom stereocenters. The van der Waals surface area contributed by atoms with E-state index in [1.54, 1.807) is 41.9 Å². The lowest BCUT2D eigenvalue weighted by Gasteiger charge is -2.28. The van der Waals surface area contributed by atoms with Crippen molar-refractivity contribution in [1.29, 1.82) is 0 Å². The SMILES string of the molecule is CCN(C)S(=O)(=O)NC(=O)c1ccn2ccc(N3CCC[C@@H]3c3cc(F)cc(OCC4CC4(F)F)c3)cc12. The lowest BCUT2D eigenvalue weighted by atomic mass is 10.0. The van der Waals surface area contributed by atoms with Gasteiger partial charge in [0.05, 0.1) is 29.6 Å². The van der Waals surface area contributed by atoms with Crippen LogP contribution in [0.4, 0.5) is 18.9 Å². The summed E-state index contributed by atoms with van der Waals surface area (Å²) in [6, 6.07) is 9.35. The molecule has 2 fully saturated rings. The summed E-state index contributed by atoms with van der Waals surface area (Å²) in [6.07, 6.45) is 4.82. The maximum absolute atomic E-state index is 14.5. The summed E-state index contributed by atoms with van der Waals surface area (Å²) in [5.41, 5.74) is 2.18. The van der Waals surface area contributed by atoms with Crippen molar-refractivity contribution in [2.75, 3.05) is 31.6 Å². The Kier molecular flexibility index (Phi) is 6.80. The first-order valence-corrected chi connectivity index (χ1v) is 13.9. The Morgan fingerprint density at radius 2 is 1.95 bits per heavy atom. The summed E-state index contributed by atoms with van der Waals surface area (Å²) < 4.78 is 76.0. The van der Waals surface area contributed by atoms with Gasteiger partial charge in [0.1, 0.15) is 11.6 Å². The zero-order chi connectivity index (χ0) is 27.2. The van der Waals surface area contributed by atoms with Crippen LogP contribution in [0.15, 0.2) is 48.8 Å². The molecule has 1 saturated carbocycles. The van der Waals surface area contributed by atoms with Gasteiger partial charge >= 0.3 is 10.2 Å². The molecule has 38 heavy (non-hydrogen) atoms. The van der Waals surface area contributed by atoms with E-state index in [0.717, 1.165) is 22.8 Å². The highest BCUT2D eigenvalue weighted by molar-refractivity contribution is 7.87. The van der Waals surface area contributed by atoms with Gasteiger partial charge in [-0.2, -0.15) is 12.7 Å². The van der Waals surface area contributed by atoms with Crippen LogP contribution >= 0.6 is 0 Å². The number of halogens is 3. The van der Waals surface area contributed by atoms with E-state index in [2.05, 4.69) is 9.62 Å². The zero-order valence-electron chi connectivity index (χ0n) is 21.0. The van der Waals surface area contributed by atoms with Gasteiger partial charge in [0.2, 0.25) is 0 Å². The first-order valence-electron chi connectivity index (χ1n) is 12.5. The van der Waals surface area contributed by atoms with Crippen molar-refractivity contribution in [1.82, 2.24) is 13.4 Å². The van der Waals surface area contributed by atoms with Gasteiger partial charge in [-0.05, 0) is 48.7 Å². The Morgan fingerprint density at radius 1 is 1.21 bits per heavy atom. The third-order valence-electron chi connectivity index (χ3n) is 7.24. The molecule has 0 radical (unpaired) electrons. The van der Waals surface area contributed by atoms with Crippen LogP contribution in [-0.2, 0) is 10.2 Å². The molecule has 5 rings (SSSR count). The molecular weight excluding hydrogens is 521 g/mol. The third-order valence-corrected chi connectivity index (χ3v) is 8.76. The molecule has 1 aliphatic carbocycles. The number of nitrogens with one attached hydrogen (secondary N) is 1. The highest BCUT2D eigenvalue weighted by atomic mass is 32.2. The Hall–Kier alpha value is -3.25. The minimum atomic E-state index is -3.97. The van der Waals surface area contributed by atoms with Crippen LogP contribution in [0.3, 0.4) is 0 Å². The Morgan fingerprint density at radius 3 is 2.66 bits per heavy atom. The fourth-order valence-electron chi connectivity index (χ4n) is 4.81. The largest absolute Gasteiger partial charge is 0.493 e. The van der Waals surface area contributed by atoms with Gasteiger partial charge in [0.15, 0.2) is 0 Å². The molecule has 3 heterocycles. The quantitative estimate of drug-likeness (QED) is 0.428. The predicted molar refractivity (Wildman–Crippen MR) is 136 cm³/mol. The molecule has 0 bridgehead atoms. The number of pyridine rings is 1. The standard InChI is InChI=1S/C26H29F3N4O4S/c1-3-31(2)38(35,36)30-25(34)22-7-10-32-9-6-20(14-24(22)32)33-8-4-5-23(33)17-11-19(27)13-21(12-17)37-16-18-15-26(18,28)29/h6-7,9-14,18,23H,3-5,8,15-16H2,1-2H3,(H,30,34)/t18?,23-/m1/s1. The Balaban J connectivity index is 1.39. The van der Waals surface area contributed by atoms with E-state index in [1.807, 2.05) is 6.07 Å². The molecule has 1 aromatic carbocycles. The number of hydrogen-bond donors (Lipinski definition) is 1. The molecule has 204 valence electrons. The number of rotatable bonds is 9. The fraction of sp³-hybridized carbons (Fsp3) is 0.423. The number of aromatic nitrogens is 1. The molecule has 0 spiro atoms. The monoisotopic (exact) mass is 550 g/mol. The van der Waals surface area contributed by atoms with Crippen molar-refractivity contribution in [3.63, 3.8) is 0 Å². The summed E-state index contributed by atoms with van der Waals surface area (Å²) in [5.74, 6) is -4.58. The number of alkyl halides is 2. The number of ether oxygens (including phenoxy) is 1. The summed E-state index contributed by atoms with van der Waals surface area (Å²) in [7, 11) is -2.59. The Bertz CT molecular complexity index is 1480. The minimum absolute atomic E-state index is 0.163. The second-order valence-corrected chi connectivity index (χ2v) is 11.6. The second kappa shape index (κ2) is 9.81. The summed E-state index contributed by atoms with van der Waals surface area (Å²) in [6.45, 7) is 2.39. The molecule has 2 aliphatic rings. The van der Waals surface area contributed by atoms with E-state index in [0.29, 0.717) is 17.6 Å². The first-order chi connectivity index (χ1) is 18.0. The van der Waals surface area contributed by atoms with Gasteiger partial charge in [-0.3, -0.25) is 4.79 Å². The number of anilines is 1. The van der Waals surface area contributed by atoms with Crippen LogP contribution in [0.5, 0.6) is 5.75 Å². The second-order valence-electron chi connectivity index (χ2n) is 9.80. The number of hydrogen-bond acceptors (Lipinski definition) is 5. The van der Waals surface area contributed by atoms with Crippen LogP contribution in [0.1, 0.15) is 48.1 Å². The smallest absolute Gasteiger partial charge is 0.303 e. The van der Waals surface area contributed by atoms with Gasteiger partial charge in [0.25, 0.3) is 11.8 Å². The molecule has 12 heteroatoms. The molecule has 1 N–H and O–H groups in total. The van der Waals surface area contributed by atoms with E-state index in [4.69, 9.17) is 4.74 Å². The normalized spacial score (nSPS) is 20.7. The van der Waals surface area contributed by atoms with Crippen LogP contribution in [0.25, 0.3) is 5.52 Å². The number of fused-ring (bicyclic) bond motifs is 1. The maximum Gasteiger partial charge on any atom is 0.303 e. The van der Waals surface area contributed by atoms with Crippen molar-refractivity contribution in [2.24, 2.45) is 5.92 Å². The lowest BCUT2D eigenvalue weighted by Crippen LogP contribution is -2.41.